The molecule has 7 nitrogen and oxygen atoms in total. The fourth-order valence-electron chi connectivity index (χ4n) is 2.86. The molecule has 32 heavy (non-hydrogen) atoms. The maximum Gasteiger partial charge on any atom is 0.192 e. The van der Waals surface area contributed by atoms with Crippen molar-refractivity contribution in [3.63, 3.8) is 0 Å². The summed E-state index contributed by atoms with van der Waals surface area (Å²) in [5.74, 6) is 3.34. The van der Waals surface area contributed by atoms with E-state index in [0.717, 1.165) is 35.5 Å². The molecule has 0 saturated carbocycles. The van der Waals surface area contributed by atoms with Gasteiger partial charge in [-0.05, 0) is 36.8 Å². The van der Waals surface area contributed by atoms with E-state index < -0.39 is 0 Å². The number of aromatic nitrogens is 3. The minimum atomic E-state index is 0. The van der Waals surface area contributed by atoms with Crippen molar-refractivity contribution in [2.75, 3.05) is 13.7 Å². The average Bonchev–Trinajstić information content (AvgIpc) is 3.12. The number of hydrogen-bond acceptors (Lipinski definition) is 5. The number of thioether (sulfide) groups is 1. The first-order valence-corrected chi connectivity index (χ1v) is 11.1. The average molecular weight is 567 g/mol. The Labute approximate surface area is 211 Å². The Morgan fingerprint density at radius 3 is 2.44 bits per heavy atom. The molecule has 2 aromatic carbocycles. The molecule has 1 unspecified atom stereocenters. The topological polar surface area (TPSA) is 76.4 Å². The van der Waals surface area contributed by atoms with Gasteiger partial charge in [-0.15, -0.1) is 45.9 Å². The summed E-state index contributed by atoms with van der Waals surface area (Å²) >= 11 is 1.84. The van der Waals surface area contributed by atoms with Crippen molar-refractivity contribution in [2.45, 2.75) is 37.1 Å². The predicted octanol–water partition coefficient (Wildman–Crippen LogP) is 4.17. The number of benzene rings is 2. The van der Waals surface area contributed by atoms with Gasteiger partial charge >= 0.3 is 0 Å². The third-order valence-corrected chi connectivity index (χ3v) is 5.93. The molecule has 2 N–H and O–H groups in total. The van der Waals surface area contributed by atoms with Gasteiger partial charge < -0.3 is 19.9 Å². The van der Waals surface area contributed by atoms with Crippen molar-refractivity contribution in [2.24, 2.45) is 12.0 Å². The summed E-state index contributed by atoms with van der Waals surface area (Å²) in [6.45, 7) is 6.04. The van der Waals surface area contributed by atoms with E-state index in [9.17, 15) is 0 Å². The number of rotatable bonds is 9. The summed E-state index contributed by atoms with van der Waals surface area (Å²) in [7, 11) is 3.63. The Morgan fingerprint density at radius 1 is 1.09 bits per heavy atom. The summed E-state index contributed by atoms with van der Waals surface area (Å²) in [4.78, 5) is 6.03. The quantitative estimate of drug-likeness (QED) is 0.175. The van der Waals surface area contributed by atoms with Crippen LogP contribution in [0.3, 0.4) is 0 Å². The van der Waals surface area contributed by atoms with Crippen LogP contribution in [0.2, 0.25) is 0 Å². The van der Waals surface area contributed by atoms with E-state index in [1.165, 1.54) is 4.90 Å². The number of nitrogens with zero attached hydrogens (tertiary/aromatic N) is 4. The van der Waals surface area contributed by atoms with Gasteiger partial charge in [-0.3, -0.25) is 0 Å². The fraction of sp³-hybridized carbons (Fsp3) is 0.348. The monoisotopic (exact) mass is 566 g/mol. The molecular formula is C23H31IN6OS. The van der Waals surface area contributed by atoms with Crippen LogP contribution in [0.4, 0.5) is 0 Å². The Bertz CT molecular complexity index is 978. The van der Waals surface area contributed by atoms with E-state index in [1.54, 1.807) is 7.11 Å². The van der Waals surface area contributed by atoms with E-state index in [1.807, 2.05) is 60.6 Å². The second kappa shape index (κ2) is 13.3. The van der Waals surface area contributed by atoms with Crippen LogP contribution in [-0.4, -0.2) is 39.6 Å². The summed E-state index contributed by atoms with van der Waals surface area (Å²) in [6.07, 6.45) is 0. The highest BCUT2D eigenvalue weighted by Crippen LogP contribution is 2.21. The Kier molecular flexibility index (Phi) is 10.8. The number of methoxy groups -OCH3 is 1. The SMILES string of the molecule is COc1ccc(CN=C(NCc2nnc(C)n2C)NCC(C)Sc2ccccc2)cc1.I. The van der Waals surface area contributed by atoms with Gasteiger partial charge in [0, 0.05) is 23.7 Å². The molecule has 1 atom stereocenters. The fourth-order valence-corrected chi connectivity index (χ4v) is 3.80. The minimum absolute atomic E-state index is 0. The van der Waals surface area contributed by atoms with Gasteiger partial charge in [0.1, 0.15) is 11.6 Å². The van der Waals surface area contributed by atoms with Crippen molar-refractivity contribution in [3.05, 3.63) is 71.8 Å². The van der Waals surface area contributed by atoms with Crippen LogP contribution in [0.25, 0.3) is 0 Å². The first-order chi connectivity index (χ1) is 15.0. The molecular weight excluding hydrogens is 535 g/mol. The first-order valence-electron chi connectivity index (χ1n) is 10.3. The number of aliphatic imine (C=N–C) groups is 1. The van der Waals surface area contributed by atoms with Crippen LogP contribution < -0.4 is 15.4 Å². The van der Waals surface area contributed by atoms with Crippen LogP contribution >= 0.6 is 35.7 Å². The highest BCUT2D eigenvalue weighted by Gasteiger charge is 2.09. The summed E-state index contributed by atoms with van der Waals surface area (Å²) in [5, 5.41) is 15.6. The van der Waals surface area contributed by atoms with Crippen LogP contribution in [0.5, 0.6) is 5.75 Å². The number of aryl methyl sites for hydroxylation is 1. The molecule has 0 aliphatic rings. The summed E-state index contributed by atoms with van der Waals surface area (Å²) < 4.78 is 7.21. The van der Waals surface area contributed by atoms with Gasteiger partial charge in [0.25, 0.3) is 0 Å². The normalized spacial score (nSPS) is 12.1. The second-order valence-electron chi connectivity index (χ2n) is 7.21. The highest BCUT2D eigenvalue weighted by molar-refractivity contribution is 14.0. The number of guanidine groups is 1. The summed E-state index contributed by atoms with van der Waals surface area (Å²) in [6, 6.07) is 18.4. The Hall–Kier alpha value is -2.27. The number of halogens is 1. The molecule has 0 radical (unpaired) electrons. The molecule has 1 heterocycles. The molecule has 9 heteroatoms. The molecule has 0 fully saturated rings. The molecule has 0 aliphatic carbocycles. The molecule has 0 bridgehead atoms. The number of ether oxygens (including phenoxy) is 1. The largest absolute Gasteiger partial charge is 0.497 e. The van der Waals surface area contributed by atoms with Crippen molar-refractivity contribution in [1.82, 2.24) is 25.4 Å². The van der Waals surface area contributed by atoms with E-state index in [4.69, 9.17) is 9.73 Å². The third-order valence-electron chi connectivity index (χ3n) is 4.81. The van der Waals surface area contributed by atoms with Crippen molar-refractivity contribution < 1.29 is 4.74 Å². The Balaban J connectivity index is 0.00000363. The molecule has 0 spiro atoms. The van der Waals surface area contributed by atoms with Gasteiger partial charge in [0.15, 0.2) is 11.8 Å². The minimum Gasteiger partial charge on any atom is -0.497 e. The lowest BCUT2D eigenvalue weighted by Gasteiger charge is -2.16. The van der Waals surface area contributed by atoms with Crippen LogP contribution in [0.15, 0.2) is 64.5 Å². The van der Waals surface area contributed by atoms with E-state index >= 15 is 0 Å². The van der Waals surface area contributed by atoms with Crippen LogP contribution in [0.1, 0.15) is 24.1 Å². The first kappa shape index (κ1) is 26.0. The molecule has 0 saturated heterocycles. The van der Waals surface area contributed by atoms with Gasteiger partial charge in [0.2, 0.25) is 0 Å². The molecule has 3 rings (SSSR count). The highest BCUT2D eigenvalue weighted by atomic mass is 127. The summed E-state index contributed by atoms with van der Waals surface area (Å²) in [5.41, 5.74) is 1.11. The van der Waals surface area contributed by atoms with Crippen molar-refractivity contribution in [3.8, 4) is 5.75 Å². The zero-order valence-corrected chi connectivity index (χ0v) is 22.1. The maximum atomic E-state index is 5.23. The van der Waals surface area contributed by atoms with E-state index in [2.05, 4.69) is 52.0 Å². The number of nitrogens with one attached hydrogen (secondary N) is 2. The van der Waals surface area contributed by atoms with E-state index in [0.29, 0.717) is 18.3 Å². The predicted molar refractivity (Wildman–Crippen MR) is 142 cm³/mol. The lowest BCUT2D eigenvalue weighted by Crippen LogP contribution is -2.40. The zero-order valence-electron chi connectivity index (χ0n) is 18.9. The third kappa shape index (κ3) is 8.01. The van der Waals surface area contributed by atoms with Gasteiger partial charge in [0.05, 0.1) is 20.2 Å². The number of hydrogen-bond donors (Lipinski definition) is 2. The molecule has 0 aliphatic heterocycles. The molecule has 3 aromatic rings. The molecule has 1 aromatic heterocycles. The Morgan fingerprint density at radius 2 is 1.81 bits per heavy atom. The van der Waals surface area contributed by atoms with Crippen LogP contribution in [0, 0.1) is 6.92 Å². The molecule has 0 amide bonds. The standard InChI is InChI=1S/C23H30N6OS.HI/c1-17(31-21-8-6-5-7-9-21)14-24-23(26-16-22-28-27-18(2)29(22)3)25-15-19-10-12-20(30-4)13-11-19;/h5-13,17H,14-16H2,1-4H3,(H2,24,25,26);1H. The van der Waals surface area contributed by atoms with Crippen molar-refractivity contribution in [1.29, 1.82) is 0 Å². The van der Waals surface area contributed by atoms with Crippen LogP contribution in [-0.2, 0) is 20.1 Å². The smallest absolute Gasteiger partial charge is 0.192 e. The maximum absolute atomic E-state index is 5.23. The van der Waals surface area contributed by atoms with E-state index in [-0.39, 0.29) is 24.0 Å². The lowest BCUT2D eigenvalue weighted by molar-refractivity contribution is 0.414. The van der Waals surface area contributed by atoms with Crippen molar-refractivity contribution >= 4 is 41.7 Å². The second-order valence-corrected chi connectivity index (χ2v) is 8.72. The lowest BCUT2D eigenvalue weighted by atomic mass is 10.2. The van der Waals surface area contributed by atoms with Gasteiger partial charge in [-0.25, -0.2) is 4.99 Å². The zero-order chi connectivity index (χ0) is 22.1. The van der Waals surface area contributed by atoms with Gasteiger partial charge in [-0.1, -0.05) is 37.3 Å². The van der Waals surface area contributed by atoms with Gasteiger partial charge in [-0.2, -0.15) is 0 Å². The molecule has 172 valence electrons.